The van der Waals surface area contributed by atoms with Crippen LogP contribution in [-0.2, 0) is 18.1 Å². The standard InChI is InChI=1S/C27H18ClF6N3O/c28-19-9-12-22(35-15-19)26(14-16-5-2-1-3-6-16,17-7-4-8-18(13-17)27(32,33)34)37-25(38)36-21-11-10-20(29)23(30)24(21)31/h1-13,15H,14H2,(H2,36,37,38). The highest BCUT2D eigenvalue weighted by atomic mass is 35.5. The largest absolute Gasteiger partial charge is 0.416 e. The van der Waals surface area contributed by atoms with Crippen molar-refractivity contribution in [3.8, 4) is 0 Å². The molecule has 2 amide bonds. The second kappa shape index (κ2) is 10.7. The van der Waals surface area contributed by atoms with Crippen molar-refractivity contribution in [1.82, 2.24) is 10.3 Å². The van der Waals surface area contributed by atoms with Crippen LogP contribution >= 0.6 is 11.6 Å². The summed E-state index contributed by atoms with van der Waals surface area (Å²) in [5, 5.41) is 4.96. The lowest BCUT2D eigenvalue weighted by Gasteiger charge is -2.36. The topological polar surface area (TPSA) is 54.0 Å². The molecule has 0 aliphatic rings. The second-order valence-corrected chi connectivity index (χ2v) is 8.75. The molecule has 4 rings (SSSR count). The number of pyridine rings is 1. The van der Waals surface area contributed by atoms with Gasteiger partial charge in [-0.2, -0.15) is 13.2 Å². The molecule has 0 fully saturated rings. The van der Waals surface area contributed by atoms with Crippen LogP contribution in [0.1, 0.15) is 22.4 Å². The van der Waals surface area contributed by atoms with E-state index in [1.54, 1.807) is 30.3 Å². The molecule has 1 atom stereocenters. The van der Waals surface area contributed by atoms with E-state index in [9.17, 15) is 31.1 Å². The van der Waals surface area contributed by atoms with E-state index >= 15 is 0 Å². The van der Waals surface area contributed by atoms with E-state index in [4.69, 9.17) is 11.6 Å². The summed E-state index contributed by atoms with van der Waals surface area (Å²) in [6.45, 7) is 0. The van der Waals surface area contributed by atoms with Crippen molar-refractivity contribution in [3.63, 3.8) is 0 Å². The second-order valence-electron chi connectivity index (χ2n) is 8.31. The number of carbonyl (C=O) groups is 1. The van der Waals surface area contributed by atoms with Crippen molar-refractivity contribution in [1.29, 1.82) is 0 Å². The smallest absolute Gasteiger partial charge is 0.322 e. The van der Waals surface area contributed by atoms with Gasteiger partial charge in [-0.1, -0.05) is 54.1 Å². The maximum atomic E-state index is 14.3. The van der Waals surface area contributed by atoms with Crippen LogP contribution in [0.25, 0.3) is 0 Å². The third kappa shape index (κ3) is 5.75. The number of nitrogens with one attached hydrogen (secondary N) is 2. The molecule has 1 heterocycles. The molecule has 1 unspecified atom stereocenters. The van der Waals surface area contributed by atoms with Crippen LogP contribution in [0.4, 0.5) is 36.8 Å². The summed E-state index contributed by atoms with van der Waals surface area (Å²) < 4.78 is 82.4. The molecule has 0 bridgehead atoms. The monoisotopic (exact) mass is 549 g/mol. The number of carbonyl (C=O) groups excluding carboxylic acids is 1. The summed E-state index contributed by atoms with van der Waals surface area (Å²) in [6, 6.07) is 16.1. The van der Waals surface area contributed by atoms with Gasteiger partial charge in [0.15, 0.2) is 17.5 Å². The minimum atomic E-state index is -4.70. The van der Waals surface area contributed by atoms with Gasteiger partial charge < -0.3 is 10.6 Å². The van der Waals surface area contributed by atoms with E-state index in [1.807, 2.05) is 0 Å². The quantitative estimate of drug-likeness (QED) is 0.193. The van der Waals surface area contributed by atoms with Crippen LogP contribution < -0.4 is 10.6 Å². The van der Waals surface area contributed by atoms with Gasteiger partial charge in [0.2, 0.25) is 0 Å². The Hall–Kier alpha value is -4.05. The number of rotatable bonds is 6. The number of hydrogen-bond acceptors (Lipinski definition) is 2. The van der Waals surface area contributed by atoms with Crippen molar-refractivity contribution in [3.05, 3.63) is 130 Å². The molecule has 38 heavy (non-hydrogen) atoms. The molecule has 4 nitrogen and oxygen atoms in total. The van der Waals surface area contributed by atoms with E-state index in [2.05, 4.69) is 15.6 Å². The summed E-state index contributed by atoms with van der Waals surface area (Å²) >= 11 is 5.99. The first-order valence-corrected chi connectivity index (χ1v) is 11.4. The summed E-state index contributed by atoms with van der Waals surface area (Å²) in [7, 11) is 0. The highest BCUT2D eigenvalue weighted by molar-refractivity contribution is 6.30. The minimum Gasteiger partial charge on any atom is -0.322 e. The van der Waals surface area contributed by atoms with E-state index < -0.39 is 46.4 Å². The fourth-order valence-electron chi connectivity index (χ4n) is 3.98. The first-order valence-electron chi connectivity index (χ1n) is 11.1. The number of anilines is 1. The Labute approximate surface area is 218 Å². The first kappa shape index (κ1) is 27.0. The zero-order valence-electron chi connectivity index (χ0n) is 19.3. The lowest BCUT2D eigenvalue weighted by molar-refractivity contribution is -0.137. The van der Waals surface area contributed by atoms with Gasteiger partial charge in [0.1, 0.15) is 5.54 Å². The summed E-state index contributed by atoms with van der Waals surface area (Å²) in [6.07, 6.45) is -3.52. The molecule has 196 valence electrons. The molecular weight excluding hydrogens is 532 g/mol. The fourth-order valence-corrected chi connectivity index (χ4v) is 4.09. The summed E-state index contributed by atoms with van der Waals surface area (Å²) in [4.78, 5) is 17.5. The highest BCUT2D eigenvalue weighted by Crippen LogP contribution is 2.37. The number of nitrogens with zero attached hydrogens (tertiary/aromatic N) is 1. The molecule has 2 N–H and O–H groups in total. The van der Waals surface area contributed by atoms with Crippen LogP contribution in [0.3, 0.4) is 0 Å². The number of hydrogen-bond donors (Lipinski definition) is 2. The van der Waals surface area contributed by atoms with E-state index in [-0.39, 0.29) is 22.7 Å². The lowest BCUT2D eigenvalue weighted by Crippen LogP contribution is -2.50. The molecule has 0 spiro atoms. The van der Waals surface area contributed by atoms with E-state index in [0.29, 0.717) is 11.6 Å². The molecule has 11 heteroatoms. The zero-order chi connectivity index (χ0) is 27.5. The number of aromatic nitrogens is 1. The lowest BCUT2D eigenvalue weighted by atomic mass is 9.80. The number of halogens is 7. The maximum absolute atomic E-state index is 14.3. The van der Waals surface area contributed by atoms with Crippen LogP contribution in [0.15, 0.2) is 85.1 Å². The Kier molecular flexibility index (Phi) is 7.63. The highest BCUT2D eigenvalue weighted by Gasteiger charge is 2.40. The Balaban J connectivity index is 1.87. The van der Waals surface area contributed by atoms with Gasteiger partial charge in [0.05, 0.1) is 22.0 Å². The van der Waals surface area contributed by atoms with Crippen LogP contribution in [0, 0.1) is 17.5 Å². The van der Waals surface area contributed by atoms with Gasteiger partial charge in [-0.25, -0.2) is 18.0 Å². The number of benzene rings is 3. The van der Waals surface area contributed by atoms with Crippen LogP contribution in [0.5, 0.6) is 0 Å². The van der Waals surface area contributed by atoms with Crippen LogP contribution in [0.2, 0.25) is 5.02 Å². The van der Waals surface area contributed by atoms with E-state index in [1.165, 1.54) is 30.5 Å². The molecule has 4 aromatic rings. The average Bonchev–Trinajstić information content (AvgIpc) is 2.89. The van der Waals surface area contributed by atoms with Gasteiger partial charge >= 0.3 is 12.2 Å². The number of urea groups is 1. The Bertz CT molecular complexity index is 1450. The zero-order valence-corrected chi connectivity index (χ0v) is 20.0. The Morgan fingerprint density at radius 1 is 0.842 bits per heavy atom. The average molecular weight is 550 g/mol. The fraction of sp³-hybridized carbons (Fsp3) is 0.111. The summed E-state index contributed by atoms with van der Waals surface area (Å²) in [5.74, 6) is -4.89. The third-order valence-electron chi connectivity index (χ3n) is 5.77. The minimum absolute atomic E-state index is 0.00640. The molecule has 0 saturated heterocycles. The molecule has 0 radical (unpaired) electrons. The van der Waals surface area contributed by atoms with E-state index in [0.717, 1.165) is 18.2 Å². The van der Waals surface area contributed by atoms with Gasteiger partial charge in [-0.15, -0.1) is 0 Å². The summed E-state index contributed by atoms with van der Waals surface area (Å²) in [5.41, 5.74) is -2.66. The molecule has 0 saturated carbocycles. The van der Waals surface area contributed by atoms with Crippen LogP contribution in [-0.4, -0.2) is 11.0 Å². The maximum Gasteiger partial charge on any atom is 0.416 e. The molecule has 3 aromatic carbocycles. The normalized spacial score (nSPS) is 13.0. The third-order valence-corrected chi connectivity index (χ3v) is 5.99. The van der Waals surface area contributed by atoms with Gasteiger partial charge in [-0.05, 0) is 47.5 Å². The van der Waals surface area contributed by atoms with Crippen molar-refractivity contribution in [2.75, 3.05) is 5.32 Å². The van der Waals surface area contributed by atoms with Gasteiger partial charge in [-0.3, -0.25) is 4.98 Å². The van der Waals surface area contributed by atoms with Gasteiger partial charge in [0, 0.05) is 12.6 Å². The van der Waals surface area contributed by atoms with Crippen molar-refractivity contribution in [2.24, 2.45) is 0 Å². The van der Waals surface area contributed by atoms with Crippen molar-refractivity contribution >= 4 is 23.3 Å². The van der Waals surface area contributed by atoms with Crippen molar-refractivity contribution in [2.45, 2.75) is 18.1 Å². The Morgan fingerprint density at radius 3 is 2.21 bits per heavy atom. The SMILES string of the molecule is O=C(Nc1ccc(F)c(F)c1F)NC(Cc1ccccc1)(c1cccc(C(F)(F)F)c1)c1ccc(Cl)cn1. The van der Waals surface area contributed by atoms with Gasteiger partial charge in [0.25, 0.3) is 0 Å². The Morgan fingerprint density at radius 2 is 1.55 bits per heavy atom. The molecular formula is C27H18ClF6N3O. The molecule has 1 aromatic heterocycles. The molecule has 0 aliphatic heterocycles. The number of alkyl halides is 3. The predicted octanol–water partition coefficient (Wildman–Crippen LogP) is 7.48. The predicted molar refractivity (Wildman–Crippen MR) is 130 cm³/mol. The first-order chi connectivity index (χ1) is 18.0. The molecule has 0 aliphatic carbocycles. The van der Waals surface area contributed by atoms with Crippen molar-refractivity contribution < 1.29 is 31.1 Å². The number of amides is 2.